The fourth-order valence-electron chi connectivity index (χ4n) is 1.98. The third-order valence-corrected chi connectivity index (χ3v) is 5.45. The summed E-state index contributed by atoms with van der Waals surface area (Å²) in [4.78, 5) is 0. The molecule has 3 nitrogen and oxygen atoms in total. The normalized spacial score (nSPS) is 23.3. The molecule has 90 valence electrons. The molecule has 0 spiro atoms. The molecule has 1 heterocycles. The van der Waals surface area contributed by atoms with E-state index in [1.165, 1.54) is 12.8 Å². The van der Waals surface area contributed by atoms with Gasteiger partial charge in [0.15, 0.2) is 9.84 Å². The fourth-order valence-corrected chi connectivity index (χ4v) is 3.02. The van der Waals surface area contributed by atoms with Gasteiger partial charge in [0.05, 0.1) is 11.0 Å². The lowest BCUT2D eigenvalue weighted by molar-refractivity contribution is 0.355. The van der Waals surface area contributed by atoms with Gasteiger partial charge in [-0.25, -0.2) is 8.42 Å². The van der Waals surface area contributed by atoms with Crippen LogP contribution in [-0.2, 0) is 9.84 Å². The van der Waals surface area contributed by atoms with Crippen LogP contribution in [0.3, 0.4) is 0 Å². The molecule has 0 aliphatic carbocycles. The minimum atomic E-state index is -2.82. The van der Waals surface area contributed by atoms with E-state index in [2.05, 4.69) is 5.32 Å². The second-order valence-corrected chi connectivity index (χ2v) is 7.45. The summed E-state index contributed by atoms with van der Waals surface area (Å²) in [5, 5.41) is 3.14. The van der Waals surface area contributed by atoms with Crippen molar-refractivity contribution in [2.75, 3.05) is 18.8 Å². The average Bonchev–Trinajstić information content (AvgIpc) is 2.19. The van der Waals surface area contributed by atoms with Crippen LogP contribution in [0.25, 0.3) is 0 Å². The van der Waals surface area contributed by atoms with E-state index in [-0.39, 0.29) is 5.25 Å². The molecule has 1 rings (SSSR count). The SMILES string of the molecule is CC(C)S(=O)(=O)CCCC1CCCNC1. The predicted molar refractivity (Wildman–Crippen MR) is 63.8 cm³/mol. The van der Waals surface area contributed by atoms with Gasteiger partial charge < -0.3 is 5.32 Å². The number of piperidine rings is 1. The Bertz CT molecular complexity index is 266. The first kappa shape index (κ1) is 13.0. The van der Waals surface area contributed by atoms with Crippen LogP contribution in [0.15, 0.2) is 0 Å². The zero-order chi connectivity index (χ0) is 11.3. The van der Waals surface area contributed by atoms with Crippen molar-refractivity contribution >= 4 is 9.84 Å². The lowest BCUT2D eigenvalue weighted by atomic mass is 9.95. The fraction of sp³-hybridized carbons (Fsp3) is 1.00. The first-order chi connectivity index (χ1) is 7.02. The highest BCUT2D eigenvalue weighted by molar-refractivity contribution is 7.91. The molecule has 1 atom stereocenters. The van der Waals surface area contributed by atoms with Gasteiger partial charge in [0.1, 0.15) is 0 Å². The summed E-state index contributed by atoms with van der Waals surface area (Å²) in [7, 11) is -2.82. The maximum absolute atomic E-state index is 11.6. The molecule has 1 fully saturated rings. The van der Waals surface area contributed by atoms with Crippen LogP contribution in [0.4, 0.5) is 0 Å². The van der Waals surface area contributed by atoms with Gasteiger partial charge in [-0.2, -0.15) is 0 Å². The molecule has 0 aromatic heterocycles. The largest absolute Gasteiger partial charge is 0.316 e. The summed E-state index contributed by atoms with van der Waals surface area (Å²) in [6, 6.07) is 0. The molecule has 1 unspecified atom stereocenters. The summed E-state index contributed by atoms with van der Waals surface area (Å²) in [5.41, 5.74) is 0. The molecule has 1 aliphatic rings. The molecule has 0 bridgehead atoms. The predicted octanol–water partition coefficient (Wildman–Crippen LogP) is 1.59. The Labute approximate surface area is 93.6 Å². The monoisotopic (exact) mass is 233 g/mol. The van der Waals surface area contributed by atoms with Crippen molar-refractivity contribution in [2.24, 2.45) is 5.92 Å². The van der Waals surface area contributed by atoms with Crippen molar-refractivity contribution in [3.63, 3.8) is 0 Å². The molecule has 15 heavy (non-hydrogen) atoms. The minimum Gasteiger partial charge on any atom is -0.316 e. The second-order valence-electron chi connectivity index (χ2n) is 4.77. The van der Waals surface area contributed by atoms with Crippen molar-refractivity contribution in [1.82, 2.24) is 5.32 Å². The van der Waals surface area contributed by atoms with Crippen molar-refractivity contribution in [3.05, 3.63) is 0 Å². The highest BCUT2D eigenvalue weighted by Crippen LogP contribution is 2.17. The van der Waals surface area contributed by atoms with Gasteiger partial charge >= 0.3 is 0 Å². The van der Waals surface area contributed by atoms with Crippen molar-refractivity contribution in [3.8, 4) is 0 Å². The molecule has 0 aromatic rings. The lowest BCUT2D eigenvalue weighted by Crippen LogP contribution is -2.30. The van der Waals surface area contributed by atoms with E-state index in [1.807, 2.05) is 0 Å². The zero-order valence-corrected chi connectivity index (χ0v) is 10.6. The Balaban J connectivity index is 2.20. The van der Waals surface area contributed by atoms with E-state index in [0.29, 0.717) is 11.7 Å². The smallest absolute Gasteiger partial charge is 0.152 e. The topological polar surface area (TPSA) is 46.2 Å². The van der Waals surface area contributed by atoms with Gasteiger partial charge in [-0.1, -0.05) is 0 Å². The first-order valence-corrected chi connectivity index (χ1v) is 7.66. The molecule has 0 saturated carbocycles. The Morgan fingerprint density at radius 2 is 2.13 bits per heavy atom. The third kappa shape index (κ3) is 4.51. The van der Waals surface area contributed by atoms with Crippen LogP contribution in [0.1, 0.15) is 39.5 Å². The van der Waals surface area contributed by atoms with Crippen LogP contribution < -0.4 is 5.32 Å². The summed E-state index contributed by atoms with van der Waals surface area (Å²) in [5.74, 6) is 1.06. The highest BCUT2D eigenvalue weighted by Gasteiger charge is 2.17. The second kappa shape index (κ2) is 5.85. The first-order valence-electron chi connectivity index (χ1n) is 5.94. The summed E-state index contributed by atoms with van der Waals surface area (Å²) >= 11 is 0. The summed E-state index contributed by atoms with van der Waals surface area (Å²) < 4.78 is 23.1. The molecular formula is C11H23NO2S. The van der Waals surface area contributed by atoms with E-state index >= 15 is 0 Å². The van der Waals surface area contributed by atoms with E-state index in [4.69, 9.17) is 0 Å². The van der Waals surface area contributed by atoms with Crippen LogP contribution in [0.2, 0.25) is 0 Å². The molecular weight excluding hydrogens is 210 g/mol. The van der Waals surface area contributed by atoms with Crippen molar-refractivity contribution in [1.29, 1.82) is 0 Å². The minimum absolute atomic E-state index is 0.220. The molecule has 0 radical (unpaired) electrons. The van der Waals surface area contributed by atoms with E-state index in [9.17, 15) is 8.42 Å². The summed E-state index contributed by atoms with van der Waals surface area (Å²) in [6.07, 6.45) is 4.38. The quantitative estimate of drug-likeness (QED) is 0.784. The maximum atomic E-state index is 11.6. The number of hydrogen-bond donors (Lipinski definition) is 1. The molecule has 0 aromatic carbocycles. The number of nitrogens with one attached hydrogen (secondary N) is 1. The van der Waals surface area contributed by atoms with Crippen LogP contribution >= 0.6 is 0 Å². The zero-order valence-electron chi connectivity index (χ0n) is 9.83. The number of rotatable bonds is 5. The Kier molecular flexibility index (Phi) is 5.06. The van der Waals surface area contributed by atoms with Gasteiger partial charge in [-0.3, -0.25) is 0 Å². The van der Waals surface area contributed by atoms with Gasteiger partial charge in [-0.05, 0) is 58.5 Å². The Morgan fingerprint density at radius 3 is 2.67 bits per heavy atom. The van der Waals surface area contributed by atoms with Gasteiger partial charge in [0.25, 0.3) is 0 Å². The van der Waals surface area contributed by atoms with Crippen molar-refractivity contribution in [2.45, 2.75) is 44.8 Å². The number of hydrogen-bond acceptors (Lipinski definition) is 3. The molecule has 1 N–H and O–H groups in total. The van der Waals surface area contributed by atoms with Gasteiger partial charge in [-0.15, -0.1) is 0 Å². The molecule has 4 heteroatoms. The van der Waals surface area contributed by atoms with Crippen LogP contribution in [0, 0.1) is 5.92 Å². The number of sulfone groups is 1. The van der Waals surface area contributed by atoms with Crippen molar-refractivity contribution < 1.29 is 8.42 Å². The summed E-state index contributed by atoms with van der Waals surface area (Å²) in [6.45, 7) is 5.72. The van der Waals surface area contributed by atoms with E-state index in [1.54, 1.807) is 13.8 Å². The van der Waals surface area contributed by atoms with E-state index in [0.717, 1.165) is 25.9 Å². The highest BCUT2D eigenvalue weighted by atomic mass is 32.2. The third-order valence-electron chi connectivity index (χ3n) is 3.16. The Hall–Kier alpha value is -0.0900. The average molecular weight is 233 g/mol. The standard InChI is InChI=1S/C11H23NO2S/c1-10(2)15(13,14)8-4-6-11-5-3-7-12-9-11/h10-12H,3-9H2,1-2H3. The lowest BCUT2D eigenvalue weighted by Gasteiger charge is -2.22. The van der Waals surface area contributed by atoms with Crippen LogP contribution in [0.5, 0.6) is 0 Å². The maximum Gasteiger partial charge on any atom is 0.152 e. The Morgan fingerprint density at radius 1 is 1.40 bits per heavy atom. The van der Waals surface area contributed by atoms with Gasteiger partial charge in [0, 0.05) is 0 Å². The molecule has 1 saturated heterocycles. The molecule has 1 aliphatic heterocycles. The molecule has 0 amide bonds. The van der Waals surface area contributed by atoms with Crippen LogP contribution in [-0.4, -0.2) is 32.5 Å². The van der Waals surface area contributed by atoms with E-state index < -0.39 is 9.84 Å². The van der Waals surface area contributed by atoms with Gasteiger partial charge in [0.2, 0.25) is 0 Å².